The van der Waals surface area contributed by atoms with E-state index < -0.39 is 0 Å². The lowest BCUT2D eigenvalue weighted by molar-refractivity contribution is 0.403. The molecule has 1 aliphatic carbocycles. The van der Waals surface area contributed by atoms with Gasteiger partial charge < -0.3 is 15.4 Å². The van der Waals surface area contributed by atoms with Gasteiger partial charge in [0.1, 0.15) is 5.75 Å². The quantitative estimate of drug-likeness (QED) is 0.399. The van der Waals surface area contributed by atoms with Crippen molar-refractivity contribution >= 4 is 29.9 Å². The van der Waals surface area contributed by atoms with Crippen molar-refractivity contribution in [2.24, 2.45) is 12.0 Å². The molecule has 6 nitrogen and oxygen atoms in total. The third-order valence-electron chi connectivity index (χ3n) is 4.71. The van der Waals surface area contributed by atoms with Crippen LogP contribution in [0.4, 0.5) is 0 Å². The van der Waals surface area contributed by atoms with Crippen LogP contribution in [0.25, 0.3) is 0 Å². The van der Waals surface area contributed by atoms with Crippen LogP contribution >= 0.6 is 24.0 Å². The second-order valence-corrected chi connectivity index (χ2v) is 6.21. The number of rotatable bonds is 6. The summed E-state index contributed by atoms with van der Waals surface area (Å²) in [4.78, 5) is 4.32. The molecule has 0 unspecified atom stereocenters. The fraction of sp³-hybridized carbons (Fsp3) is 0.444. The van der Waals surface area contributed by atoms with Gasteiger partial charge in [0.05, 0.1) is 19.3 Å². The number of ether oxygens (including phenoxy) is 1. The molecule has 3 rings (SSSR count). The van der Waals surface area contributed by atoms with Crippen LogP contribution in [-0.4, -0.2) is 36.4 Å². The third-order valence-corrected chi connectivity index (χ3v) is 4.71. The first-order chi connectivity index (χ1) is 11.7. The number of benzene rings is 1. The number of aromatic nitrogens is 2. The Morgan fingerprint density at radius 2 is 2.04 bits per heavy atom. The number of halogens is 1. The van der Waals surface area contributed by atoms with Gasteiger partial charge >= 0.3 is 0 Å². The molecule has 25 heavy (non-hydrogen) atoms. The Labute approximate surface area is 166 Å². The van der Waals surface area contributed by atoms with E-state index in [1.165, 1.54) is 18.4 Å². The van der Waals surface area contributed by atoms with Gasteiger partial charge in [-0.1, -0.05) is 18.2 Å². The van der Waals surface area contributed by atoms with Crippen LogP contribution in [0.3, 0.4) is 0 Å². The Kier molecular flexibility index (Phi) is 6.69. The van der Waals surface area contributed by atoms with Crippen LogP contribution in [0, 0.1) is 0 Å². The number of methoxy groups -OCH3 is 1. The summed E-state index contributed by atoms with van der Waals surface area (Å²) >= 11 is 0. The van der Waals surface area contributed by atoms with Gasteiger partial charge in [-0.25, -0.2) is 0 Å². The summed E-state index contributed by atoms with van der Waals surface area (Å²) in [5.41, 5.74) is 2.54. The van der Waals surface area contributed by atoms with E-state index in [1.54, 1.807) is 20.4 Å². The minimum Gasteiger partial charge on any atom is -0.496 e. The Morgan fingerprint density at radius 1 is 1.28 bits per heavy atom. The smallest absolute Gasteiger partial charge is 0.191 e. The second kappa shape index (κ2) is 8.55. The van der Waals surface area contributed by atoms with Gasteiger partial charge in [0.2, 0.25) is 0 Å². The molecule has 0 bridgehead atoms. The highest BCUT2D eigenvalue weighted by Crippen LogP contribution is 2.50. The lowest BCUT2D eigenvalue weighted by atomic mass is 9.95. The van der Waals surface area contributed by atoms with Crippen LogP contribution in [0.5, 0.6) is 5.75 Å². The minimum atomic E-state index is 0. The first kappa shape index (κ1) is 19.6. The van der Waals surface area contributed by atoms with Crippen molar-refractivity contribution in [2.45, 2.75) is 24.8 Å². The topological polar surface area (TPSA) is 63.5 Å². The molecule has 1 fully saturated rings. The monoisotopic (exact) mass is 455 g/mol. The maximum absolute atomic E-state index is 5.53. The molecule has 1 aliphatic rings. The predicted molar refractivity (Wildman–Crippen MR) is 111 cm³/mol. The van der Waals surface area contributed by atoms with Gasteiger partial charge in [-0.15, -0.1) is 24.0 Å². The zero-order valence-corrected chi connectivity index (χ0v) is 17.3. The van der Waals surface area contributed by atoms with E-state index in [0.717, 1.165) is 23.9 Å². The van der Waals surface area contributed by atoms with E-state index in [2.05, 4.69) is 32.9 Å². The maximum Gasteiger partial charge on any atom is 0.191 e. The average Bonchev–Trinajstić information content (AvgIpc) is 3.30. The Morgan fingerprint density at radius 3 is 2.64 bits per heavy atom. The number of nitrogens with zero attached hydrogens (tertiary/aromatic N) is 3. The summed E-state index contributed by atoms with van der Waals surface area (Å²) in [5.74, 6) is 1.77. The van der Waals surface area contributed by atoms with Crippen molar-refractivity contribution in [3.63, 3.8) is 0 Å². The third kappa shape index (κ3) is 4.45. The van der Waals surface area contributed by atoms with Crippen molar-refractivity contribution in [1.29, 1.82) is 0 Å². The molecule has 0 atom stereocenters. The molecule has 2 N–H and O–H groups in total. The largest absolute Gasteiger partial charge is 0.496 e. The first-order valence-corrected chi connectivity index (χ1v) is 8.23. The van der Waals surface area contributed by atoms with Gasteiger partial charge in [-0.3, -0.25) is 9.67 Å². The molecule has 0 amide bonds. The molecule has 0 aliphatic heterocycles. The minimum absolute atomic E-state index is 0. The van der Waals surface area contributed by atoms with E-state index in [-0.39, 0.29) is 29.4 Å². The van der Waals surface area contributed by atoms with Gasteiger partial charge in [0, 0.05) is 37.8 Å². The molecule has 136 valence electrons. The van der Waals surface area contributed by atoms with E-state index in [1.807, 2.05) is 29.9 Å². The van der Waals surface area contributed by atoms with Crippen molar-refractivity contribution in [2.75, 3.05) is 20.7 Å². The van der Waals surface area contributed by atoms with Crippen LogP contribution in [0.15, 0.2) is 41.5 Å². The normalized spacial score (nSPS) is 15.2. The highest BCUT2D eigenvalue weighted by molar-refractivity contribution is 14.0. The van der Waals surface area contributed by atoms with E-state index >= 15 is 0 Å². The second-order valence-electron chi connectivity index (χ2n) is 6.21. The van der Waals surface area contributed by atoms with Crippen LogP contribution in [0.1, 0.15) is 24.1 Å². The molecule has 2 aromatic rings. The fourth-order valence-corrected chi connectivity index (χ4v) is 3.00. The highest BCUT2D eigenvalue weighted by Gasteiger charge is 2.46. The molecule has 1 saturated carbocycles. The van der Waals surface area contributed by atoms with Crippen molar-refractivity contribution in [3.8, 4) is 5.75 Å². The number of hydrogen-bond acceptors (Lipinski definition) is 3. The van der Waals surface area contributed by atoms with E-state index in [4.69, 9.17) is 4.74 Å². The van der Waals surface area contributed by atoms with Crippen molar-refractivity contribution < 1.29 is 4.74 Å². The molecule has 0 saturated heterocycles. The van der Waals surface area contributed by atoms with E-state index in [0.29, 0.717) is 6.54 Å². The number of aliphatic imine (C=N–C) groups is 1. The summed E-state index contributed by atoms with van der Waals surface area (Å²) < 4.78 is 7.39. The van der Waals surface area contributed by atoms with Crippen molar-refractivity contribution in [3.05, 3.63) is 47.8 Å². The summed E-state index contributed by atoms with van der Waals surface area (Å²) in [6.07, 6.45) is 4.13. The molecular formula is C18H26IN5O. The zero-order chi connectivity index (χ0) is 17.0. The lowest BCUT2D eigenvalue weighted by Crippen LogP contribution is -2.41. The van der Waals surface area contributed by atoms with Gasteiger partial charge in [-0.05, 0) is 25.0 Å². The summed E-state index contributed by atoms with van der Waals surface area (Å²) in [6, 6.07) is 10.3. The summed E-state index contributed by atoms with van der Waals surface area (Å²) in [5, 5.41) is 11.0. The molecule has 0 spiro atoms. The average molecular weight is 455 g/mol. The SMILES string of the molecule is CN=C(NCc1ccnn1C)NCC1(c2ccccc2OC)CC1.I. The van der Waals surface area contributed by atoms with Gasteiger partial charge in [0.15, 0.2) is 5.96 Å². The van der Waals surface area contributed by atoms with E-state index in [9.17, 15) is 0 Å². The number of para-hydroxylation sites is 1. The number of guanidine groups is 1. The Hall–Kier alpha value is -1.77. The maximum atomic E-state index is 5.53. The predicted octanol–water partition coefficient (Wildman–Crippen LogP) is 2.44. The van der Waals surface area contributed by atoms with Crippen molar-refractivity contribution in [1.82, 2.24) is 20.4 Å². The first-order valence-electron chi connectivity index (χ1n) is 8.23. The molecule has 7 heteroatoms. The molecule has 1 heterocycles. The standard InChI is InChI=1S/C18H25N5O.HI/c1-19-17(20-12-14-8-11-22-23(14)2)21-13-18(9-10-18)15-6-4-5-7-16(15)24-3;/h4-8,11H,9-10,12-13H2,1-3H3,(H2,19,20,21);1H. The highest BCUT2D eigenvalue weighted by atomic mass is 127. The molecular weight excluding hydrogens is 429 g/mol. The summed E-state index contributed by atoms with van der Waals surface area (Å²) in [7, 11) is 5.46. The van der Waals surface area contributed by atoms with Crippen LogP contribution < -0.4 is 15.4 Å². The lowest BCUT2D eigenvalue weighted by Gasteiger charge is -2.21. The molecule has 0 radical (unpaired) electrons. The Balaban J connectivity index is 0.00000225. The number of aryl methyl sites for hydroxylation is 1. The van der Waals surface area contributed by atoms with Crippen LogP contribution in [-0.2, 0) is 19.0 Å². The molecule has 1 aromatic heterocycles. The van der Waals surface area contributed by atoms with Crippen LogP contribution in [0.2, 0.25) is 0 Å². The fourth-order valence-electron chi connectivity index (χ4n) is 3.00. The number of hydrogen-bond donors (Lipinski definition) is 2. The molecule has 1 aromatic carbocycles. The number of nitrogens with one attached hydrogen (secondary N) is 2. The van der Waals surface area contributed by atoms with Gasteiger partial charge in [-0.2, -0.15) is 5.10 Å². The zero-order valence-electron chi connectivity index (χ0n) is 15.0. The van der Waals surface area contributed by atoms with Gasteiger partial charge in [0.25, 0.3) is 0 Å². The Bertz CT molecular complexity index is 724. The summed E-state index contributed by atoms with van der Waals surface area (Å²) in [6.45, 7) is 1.54.